The monoisotopic (exact) mass is 226 g/mol. The SMILES string of the molecule is CC(C)(C)C(N)CC(=O)NC1CCCCC1. The molecule has 1 amide bonds. The van der Waals surface area contributed by atoms with Gasteiger partial charge in [0.2, 0.25) is 5.91 Å². The molecule has 3 heteroatoms. The molecule has 1 aliphatic carbocycles. The predicted octanol–water partition coefficient (Wildman–Crippen LogP) is 2.20. The highest BCUT2D eigenvalue weighted by atomic mass is 16.1. The Morgan fingerprint density at radius 2 is 1.88 bits per heavy atom. The van der Waals surface area contributed by atoms with E-state index >= 15 is 0 Å². The highest BCUT2D eigenvalue weighted by molar-refractivity contribution is 5.77. The van der Waals surface area contributed by atoms with Gasteiger partial charge in [-0.3, -0.25) is 4.79 Å². The van der Waals surface area contributed by atoms with E-state index in [0.29, 0.717) is 12.5 Å². The van der Waals surface area contributed by atoms with Gasteiger partial charge in [-0.15, -0.1) is 0 Å². The molecule has 0 aromatic carbocycles. The summed E-state index contributed by atoms with van der Waals surface area (Å²) in [5.41, 5.74) is 6.00. The Kier molecular flexibility index (Phi) is 4.78. The number of hydrogen-bond donors (Lipinski definition) is 2. The van der Waals surface area contributed by atoms with Crippen molar-refractivity contribution in [1.29, 1.82) is 0 Å². The Balaban J connectivity index is 2.29. The molecule has 1 atom stereocenters. The fourth-order valence-corrected chi connectivity index (χ4v) is 2.04. The minimum Gasteiger partial charge on any atom is -0.353 e. The fraction of sp³-hybridized carbons (Fsp3) is 0.923. The third kappa shape index (κ3) is 4.52. The summed E-state index contributed by atoms with van der Waals surface area (Å²) in [6, 6.07) is 0.338. The second-order valence-corrected chi connectivity index (χ2v) is 6.08. The van der Waals surface area contributed by atoms with Crippen molar-refractivity contribution in [3.63, 3.8) is 0 Å². The molecule has 0 saturated heterocycles. The lowest BCUT2D eigenvalue weighted by atomic mass is 9.85. The third-order valence-corrected chi connectivity index (χ3v) is 3.49. The lowest BCUT2D eigenvalue weighted by molar-refractivity contribution is -0.122. The quantitative estimate of drug-likeness (QED) is 0.775. The molecule has 0 radical (unpaired) electrons. The van der Waals surface area contributed by atoms with Gasteiger partial charge in [0.05, 0.1) is 0 Å². The predicted molar refractivity (Wildman–Crippen MR) is 67.1 cm³/mol. The number of nitrogens with one attached hydrogen (secondary N) is 1. The maximum atomic E-state index is 11.8. The summed E-state index contributed by atoms with van der Waals surface area (Å²) in [4.78, 5) is 11.8. The normalized spacial score (nSPS) is 20.5. The summed E-state index contributed by atoms with van der Waals surface area (Å²) in [7, 11) is 0. The van der Waals surface area contributed by atoms with Gasteiger partial charge in [0, 0.05) is 18.5 Å². The first-order valence-electron chi connectivity index (χ1n) is 6.44. The Bertz CT molecular complexity index is 227. The van der Waals surface area contributed by atoms with Crippen molar-refractivity contribution < 1.29 is 4.79 Å². The Hall–Kier alpha value is -0.570. The van der Waals surface area contributed by atoms with Gasteiger partial charge in [0.1, 0.15) is 0 Å². The molecule has 0 aliphatic heterocycles. The molecule has 1 unspecified atom stereocenters. The second kappa shape index (κ2) is 5.67. The smallest absolute Gasteiger partial charge is 0.221 e. The summed E-state index contributed by atoms with van der Waals surface area (Å²) in [6.07, 6.45) is 6.52. The van der Waals surface area contributed by atoms with Gasteiger partial charge in [-0.25, -0.2) is 0 Å². The minimum absolute atomic E-state index is 0.00387. The highest BCUT2D eigenvalue weighted by Crippen LogP contribution is 2.21. The van der Waals surface area contributed by atoms with Crippen LogP contribution in [0.5, 0.6) is 0 Å². The average molecular weight is 226 g/mol. The molecular formula is C13H26N2O. The van der Waals surface area contributed by atoms with E-state index in [4.69, 9.17) is 5.73 Å². The average Bonchev–Trinajstić information content (AvgIpc) is 2.17. The van der Waals surface area contributed by atoms with Crippen LogP contribution < -0.4 is 11.1 Å². The maximum Gasteiger partial charge on any atom is 0.221 e. The number of carbonyl (C=O) groups is 1. The van der Waals surface area contributed by atoms with E-state index in [-0.39, 0.29) is 17.4 Å². The van der Waals surface area contributed by atoms with Crippen LogP contribution in [0.25, 0.3) is 0 Å². The first-order chi connectivity index (χ1) is 7.39. The first kappa shape index (κ1) is 13.5. The van der Waals surface area contributed by atoms with E-state index in [2.05, 4.69) is 26.1 Å². The summed E-state index contributed by atoms with van der Waals surface area (Å²) >= 11 is 0. The van der Waals surface area contributed by atoms with Crippen molar-refractivity contribution in [3.8, 4) is 0 Å². The molecule has 16 heavy (non-hydrogen) atoms. The van der Waals surface area contributed by atoms with Gasteiger partial charge in [0.15, 0.2) is 0 Å². The van der Waals surface area contributed by atoms with Crippen LogP contribution in [0.3, 0.4) is 0 Å². The second-order valence-electron chi connectivity index (χ2n) is 6.08. The molecule has 3 N–H and O–H groups in total. The van der Waals surface area contributed by atoms with Crippen molar-refractivity contribution in [2.24, 2.45) is 11.1 Å². The zero-order valence-electron chi connectivity index (χ0n) is 10.9. The van der Waals surface area contributed by atoms with Crippen molar-refractivity contribution in [2.45, 2.75) is 71.4 Å². The van der Waals surface area contributed by atoms with Crippen molar-refractivity contribution >= 4 is 5.91 Å². The molecule has 1 saturated carbocycles. The molecule has 1 fully saturated rings. The number of nitrogens with two attached hydrogens (primary N) is 1. The number of rotatable bonds is 3. The van der Waals surface area contributed by atoms with Gasteiger partial charge in [-0.2, -0.15) is 0 Å². The summed E-state index contributed by atoms with van der Waals surface area (Å²) < 4.78 is 0. The molecule has 0 spiro atoms. The van der Waals surface area contributed by atoms with Crippen LogP contribution in [0, 0.1) is 5.41 Å². The van der Waals surface area contributed by atoms with E-state index in [1.807, 2.05) is 0 Å². The zero-order chi connectivity index (χ0) is 12.2. The molecule has 1 aliphatic rings. The van der Waals surface area contributed by atoms with E-state index < -0.39 is 0 Å². The van der Waals surface area contributed by atoms with Gasteiger partial charge in [-0.05, 0) is 18.3 Å². The molecule has 0 heterocycles. The van der Waals surface area contributed by atoms with Crippen LogP contribution in [-0.4, -0.2) is 18.0 Å². The van der Waals surface area contributed by atoms with Crippen LogP contribution >= 0.6 is 0 Å². The standard InChI is InChI=1S/C13H26N2O/c1-13(2,3)11(14)9-12(16)15-10-7-5-4-6-8-10/h10-11H,4-9,14H2,1-3H3,(H,15,16). The van der Waals surface area contributed by atoms with Crippen LogP contribution in [0.1, 0.15) is 59.3 Å². The zero-order valence-corrected chi connectivity index (χ0v) is 10.9. The lowest BCUT2D eigenvalue weighted by Gasteiger charge is -2.28. The fourth-order valence-electron chi connectivity index (χ4n) is 2.04. The highest BCUT2D eigenvalue weighted by Gasteiger charge is 2.24. The third-order valence-electron chi connectivity index (χ3n) is 3.49. The Labute approximate surface area is 99.2 Å². The van der Waals surface area contributed by atoms with Gasteiger partial charge >= 0.3 is 0 Å². The Morgan fingerprint density at radius 1 is 1.31 bits per heavy atom. The van der Waals surface area contributed by atoms with Gasteiger partial charge < -0.3 is 11.1 Å². The van der Waals surface area contributed by atoms with E-state index in [0.717, 1.165) is 12.8 Å². The lowest BCUT2D eigenvalue weighted by Crippen LogP contribution is -2.43. The number of hydrogen-bond acceptors (Lipinski definition) is 2. The number of carbonyl (C=O) groups excluding carboxylic acids is 1. The summed E-state index contributed by atoms with van der Waals surface area (Å²) in [5.74, 6) is 0.120. The van der Waals surface area contributed by atoms with Crippen LogP contribution in [-0.2, 0) is 4.79 Å². The van der Waals surface area contributed by atoms with Gasteiger partial charge in [-0.1, -0.05) is 40.0 Å². The number of amides is 1. The minimum atomic E-state index is -0.0592. The molecular weight excluding hydrogens is 200 g/mol. The maximum absolute atomic E-state index is 11.8. The summed E-state index contributed by atoms with van der Waals surface area (Å²) in [5, 5.41) is 3.10. The van der Waals surface area contributed by atoms with E-state index in [1.165, 1.54) is 19.3 Å². The van der Waals surface area contributed by atoms with Gasteiger partial charge in [0.25, 0.3) is 0 Å². The van der Waals surface area contributed by atoms with E-state index in [1.54, 1.807) is 0 Å². The summed E-state index contributed by atoms with van der Waals surface area (Å²) in [6.45, 7) is 6.22. The van der Waals surface area contributed by atoms with Crippen LogP contribution in [0.15, 0.2) is 0 Å². The van der Waals surface area contributed by atoms with Crippen molar-refractivity contribution in [1.82, 2.24) is 5.32 Å². The molecule has 94 valence electrons. The molecule has 0 aromatic heterocycles. The van der Waals surface area contributed by atoms with Crippen molar-refractivity contribution in [2.75, 3.05) is 0 Å². The molecule has 1 rings (SSSR count). The molecule has 0 bridgehead atoms. The van der Waals surface area contributed by atoms with Crippen molar-refractivity contribution in [3.05, 3.63) is 0 Å². The van der Waals surface area contributed by atoms with Crippen LogP contribution in [0.2, 0.25) is 0 Å². The molecule has 0 aromatic rings. The first-order valence-corrected chi connectivity index (χ1v) is 6.44. The van der Waals surface area contributed by atoms with Crippen LogP contribution in [0.4, 0.5) is 0 Å². The molecule has 3 nitrogen and oxygen atoms in total. The topological polar surface area (TPSA) is 55.1 Å². The van der Waals surface area contributed by atoms with E-state index in [9.17, 15) is 4.79 Å². The Morgan fingerprint density at radius 3 is 2.38 bits per heavy atom. The largest absolute Gasteiger partial charge is 0.353 e.